The number of amides is 1. The summed E-state index contributed by atoms with van der Waals surface area (Å²) in [7, 11) is 0. The fourth-order valence-corrected chi connectivity index (χ4v) is 3.74. The third-order valence-electron chi connectivity index (χ3n) is 5.32. The maximum atomic E-state index is 15.4. The highest BCUT2D eigenvalue weighted by atomic mass is 35.5. The number of aryl methyl sites for hydroxylation is 1. The van der Waals surface area contributed by atoms with Crippen LogP contribution in [0, 0.1) is 12.7 Å². The van der Waals surface area contributed by atoms with Crippen LogP contribution in [0.15, 0.2) is 59.7 Å². The van der Waals surface area contributed by atoms with Gasteiger partial charge in [-0.1, -0.05) is 35.9 Å². The number of rotatable bonds is 6. The molecule has 0 radical (unpaired) electrons. The summed E-state index contributed by atoms with van der Waals surface area (Å²) in [5, 5.41) is 15.2. The normalized spacial score (nSPS) is 18.2. The Morgan fingerprint density at radius 1 is 1.34 bits per heavy atom. The standard InChI is InChI=1S/C23H23ClFN5O2/c1-13-2-7-17(15-9-11-30-19(12-15)28-23(26)29-30)21(25)20(13)22(32)27-10-8-18(31)14-3-5-16(24)6-4-14/h2-7,9,11-12,18,23,29,31H,8,10,26H2,1H3,(H,27,32). The van der Waals surface area contributed by atoms with Crippen molar-refractivity contribution in [1.29, 1.82) is 0 Å². The third kappa shape index (κ3) is 4.58. The van der Waals surface area contributed by atoms with Crippen molar-refractivity contribution >= 4 is 28.9 Å². The lowest BCUT2D eigenvalue weighted by Gasteiger charge is -2.20. The molecule has 0 saturated carbocycles. The number of nitrogens with one attached hydrogen (secondary N) is 2. The van der Waals surface area contributed by atoms with Crippen molar-refractivity contribution in [2.45, 2.75) is 25.7 Å². The molecule has 2 atom stereocenters. The lowest BCUT2D eigenvalue weighted by Crippen LogP contribution is -2.40. The second-order valence-corrected chi connectivity index (χ2v) is 8.01. The van der Waals surface area contributed by atoms with E-state index in [-0.39, 0.29) is 18.5 Å². The van der Waals surface area contributed by atoms with E-state index in [1.165, 1.54) is 0 Å². The van der Waals surface area contributed by atoms with Crippen molar-refractivity contribution in [1.82, 2.24) is 15.8 Å². The van der Waals surface area contributed by atoms with E-state index < -0.39 is 24.1 Å². The maximum Gasteiger partial charge on any atom is 0.254 e. The number of nitrogens with zero attached hydrogens (tertiary/aromatic N) is 2. The van der Waals surface area contributed by atoms with Gasteiger partial charge >= 0.3 is 0 Å². The number of aliphatic imine (C=N–C) groups is 1. The first-order valence-corrected chi connectivity index (χ1v) is 10.5. The van der Waals surface area contributed by atoms with Gasteiger partial charge in [-0.15, -0.1) is 0 Å². The first kappa shape index (κ1) is 22.2. The summed E-state index contributed by atoms with van der Waals surface area (Å²) in [4.78, 5) is 17.0. The molecule has 2 aromatic carbocycles. The van der Waals surface area contributed by atoms with E-state index in [2.05, 4.69) is 15.7 Å². The van der Waals surface area contributed by atoms with Gasteiger partial charge in [-0.2, -0.15) is 5.43 Å². The van der Waals surface area contributed by atoms with Gasteiger partial charge in [-0.3, -0.25) is 15.5 Å². The van der Waals surface area contributed by atoms with Gasteiger partial charge in [0, 0.05) is 23.3 Å². The average Bonchev–Trinajstić information content (AvgIpc) is 3.13. The minimum atomic E-state index is -0.766. The van der Waals surface area contributed by atoms with E-state index in [9.17, 15) is 9.90 Å². The number of hydrogen-bond donors (Lipinski definition) is 4. The zero-order valence-corrected chi connectivity index (χ0v) is 18.1. The van der Waals surface area contributed by atoms with Gasteiger partial charge in [0.2, 0.25) is 0 Å². The number of allylic oxidation sites excluding steroid dienone is 2. The molecule has 7 nitrogen and oxygen atoms in total. The van der Waals surface area contributed by atoms with Gasteiger partial charge in [-0.25, -0.2) is 9.38 Å². The Morgan fingerprint density at radius 2 is 2.09 bits per heavy atom. The van der Waals surface area contributed by atoms with Crippen LogP contribution in [-0.2, 0) is 0 Å². The van der Waals surface area contributed by atoms with Crippen LogP contribution in [0.3, 0.4) is 0 Å². The first-order chi connectivity index (χ1) is 15.3. The molecule has 9 heteroatoms. The lowest BCUT2D eigenvalue weighted by atomic mass is 9.96. The van der Waals surface area contributed by atoms with E-state index >= 15 is 4.39 Å². The number of benzene rings is 2. The molecular weight excluding hydrogens is 433 g/mol. The van der Waals surface area contributed by atoms with Gasteiger partial charge in [-0.05, 0) is 54.3 Å². The molecule has 4 rings (SSSR count). The monoisotopic (exact) mass is 455 g/mol. The highest BCUT2D eigenvalue weighted by Gasteiger charge is 2.24. The predicted molar refractivity (Wildman–Crippen MR) is 122 cm³/mol. The van der Waals surface area contributed by atoms with Crippen molar-refractivity contribution in [3.63, 3.8) is 0 Å². The summed E-state index contributed by atoms with van der Waals surface area (Å²) >= 11 is 5.86. The molecule has 2 aliphatic rings. The van der Waals surface area contributed by atoms with Crippen LogP contribution in [0.25, 0.3) is 5.57 Å². The first-order valence-electron chi connectivity index (χ1n) is 10.1. The summed E-state index contributed by atoms with van der Waals surface area (Å²) in [5.74, 6) is -0.577. The Morgan fingerprint density at radius 3 is 2.84 bits per heavy atom. The molecule has 0 bridgehead atoms. The molecule has 0 saturated heterocycles. The van der Waals surface area contributed by atoms with Gasteiger partial charge in [0.15, 0.2) is 6.29 Å². The average molecular weight is 456 g/mol. The summed E-state index contributed by atoms with van der Waals surface area (Å²) < 4.78 is 15.4. The van der Waals surface area contributed by atoms with E-state index in [1.54, 1.807) is 66.7 Å². The Hall–Kier alpha value is -3.04. The summed E-state index contributed by atoms with van der Waals surface area (Å²) in [6.07, 6.45) is 4.10. The fraction of sp³-hybridized carbons (Fsp3) is 0.217. The second-order valence-electron chi connectivity index (χ2n) is 7.58. The minimum Gasteiger partial charge on any atom is -0.388 e. The quantitative estimate of drug-likeness (QED) is 0.536. The van der Waals surface area contributed by atoms with Gasteiger partial charge < -0.3 is 10.4 Å². The zero-order valence-electron chi connectivity index (χ0n) is 17.3. The SMILES string of the molecule is Cc1ccc(C2=CC3=NC(N)NN3C=C2)c(F)c1C(=O)NCCC(O)c1ccc(Cl)cc1. The Bertz CT molecular complexity index is 1130. The fourth-order valence-electron chi connectivity index (χ4n) is 3.61. The Balaban J connectivity index is 1.47. The second kappa shape index (κ2) is 9.22. The topological polar surface area (TPSA) is 103 Å². The molecule has 2 unspecified atom stereocenters. The van der Waals surface area contributed by atoms with E-state index in [1.807, 2.05) is 0 Å². The van der Waals surface area contributed by atoms with Gasteiger partial charge in [0.05, 0.1) is 11.7 Å². The molecule has 1 amide bonds. The smallest absolute Gasteiger partial charge is 0.254 e. The van der Waals surface area contributed by atoms with E-state index in [0.29, 0.717) is 33.1 Å². The Kier molecular flexibility index (Phi) is 6.38. The van der Waals surface area contributed by atoms with Crippen LogP contribution >= 0.6 is 11.6 Å². The molecule has 0 aromatic heterocycles. The molecule has 32 heavy (non-hydrogen) atoms. The number of hydrogen-bond acceptors (Lipinski definition) is 6. The van der Waals surface area contributed by atoms with Crippen molar-refractivity contribution in [2.24, 2.45) is 10.7 Å². The molecule has 2 heterocycles. The largest absolute Gasteiger partial charge is 0.388 e. The number of carbonyl (C=O) groups excluding carboxylic acids is 1. The van der Waals surface area contributed by atoms with E-state index in [4.69, 9.17) is 17.3 Å². The van der Waals surface area contributed by atoms with Crippen molar-refractivity contribution in [3.8, 4) is 0 Å². The highest BCUT2D eigenvalue weighted by molar-refractivity contribution is 6.30. The Labute approximate surface area is 190 Å². The number of nitrogens with two attached hydrogens (primary N) is 1. The maximum absolute atomic E-state index is 15.4. The number of aliphatic hydroxyl groups excluding tert-OH is 1. The zero-order chi connectivity index (χ0) is 22.8. The summed E-state index contributed by atoms with van der Waals surface area (Å²) in [6, 6.07) is 10.2. The third-order valence-corrected chi connectivity index (χ3v) is 5.58. The molecule has 166 valence electrons. The van der Waals surface area contributed by atoms with Crippen LogP contribution in [-0.4, -0.2) is 34.7 Å². The molecule has 2 aromatic rings. The number of fused-ring (bicyclic) bond motifs is 1. The molecule has 0 spiro atoms. The van der Waals surface area contributed by atoms with Gasteiger partial charge in [0.1, 0.15) is 11.7 Å². The number of amidine groups is 1. The summed E-state index contributed by atoms with van der Waals surface area (Å²) in [6.45, 7) is 1.87. The number of halogens is 2. The van der Waals surface area contributed by atoms with Crippen LogP contribution in [0.2, 0.25) is 5.02 Å². The van der Waals surface area contributed by atoms with Crippen LogP contribution in [0.4, 0.5) is 4.39 Å². The van der Waals surface area contributed by atoms with Crippen molar-refractivity contribution in [3.05, 3.63) is 87.8 Å². The van der Waals surface area contributed by atoms with E-state index in [0.717, 1.165) is 0 Å². The van der Waals surface area contributed by atoms with Crippen LogP contribution in [0.1, 0.15) is 39.6 Å². The van der Waals surface area contributed by atoms with Crippen molar-refractivity contribution < 1.29 is 14.3 Å². The van der Waals surface area contributed by atoms with Crippen LogP contribution in [0.5, 0.6) is 0 Å². The number of carbonyl (C=O) groups is 1. The highest BCUT2D eigenvalue weighted by Crippen LogP contribution is 2.28. The molecular formula is C23H23ClFN5O2. The van der Waals surface area contributed by atoms with Gasteiger partial charge in [0.25, 0.3) is 5.91 Å². The summed E-state index contributed by atoms with van der Waals surface area (Å²) in [5.41, 5.74) is 10.7. The predicted octanol–water partition coefficient (Wildman–Crippen LogP) is 3.01. The minimum absolute atomic E-state index is 0.0246. The number of aliphatic hydroxyl groups is 1. The molecule has 0 aliphatic carbocycles. The lowest BCUT2D eigenvalue weighted by molar-refractivity contribution is 0.0938. The molecule has 2 aliphatic heterocycles. The van der Waals surface area contributed by atoms with Crippen molar-refractivity contribution in [2.75, 3.05) is 6.54 Å². The molecule has 0 fully saturated rings. The molecule has 5 N–H and O–H groups in total. The van der Waals surface area contributed by atoms with Crippen LogP contribution < -0.4 is 16.5 Å². The number of hydrazine groups is 1.